The Kier molecular flexibility index (Phi) is 16.1. The third-order valence-corrected chi connectivity index (χ3v) is 12.2. The summed E-state index contributed by atoms with van der Waals surface area (Å²) in [7, 11) is 0. The van der Waals surface area contributed by atoms with E-state index in [9.17, 15) is 0 Å². The normalized spacial score (nSPS) is 15.0. The second kappa shape index (κ2) is 22.3. The van der Waals surface area contributed by atoms with Gasteiger partial charge < -0.3 is 18.9 Å². The molecule has 2 heterocycles. The van der Waals surface area contributed by atoms with E-state index in [0.717, 1.165) is 137 Å². The second-order valence-electron chi connectivity index (χ2n) is 17.0. The van der Waals surface area contributed by atoms with Crippen LogP contribution < -0.4 is 4.74 Å². The van der Waals surface area contributed by atoms with Crippen LogP contribution in [0.25, 0.3) is 22.3 Å². The fraction of sp³-hybridized carbons (Fsp3) is 0.444. The van der Waals surface area contributed by atoms with Gasteiger partial charge in [0.05, 0.1) is 52.9 Å². The third-order valence-electron chi connectivity index (χ3n) is 12.2. The van der Waals surface area contributed by atoms with Crippen LogP contribution in [0.3, 0.4) is 0 Å². The van der Waals surface area contributed by atoms with E-state index >= 15 is 0 Å². The molecule has 6 heteroatoms. The first-order valence-corrected chi connectivity index (χ1v) is 22.3. The van der Waals surface area contributed by atoms with Crippen molar-refractivity contribution in [3.63, 3.8) is 0 Å². The minimum Gasteiger partial charge on any atom is -0.494 e. The SMILES string of the molecule is CCC1(COCCCCCCOc2cc3ccc(C#Cc4ccc(C#Cc5ccc6cc(CCCCCCOOCC7(CC)COC7)cc-6cc5)cc4)ccc-3c2)COC1. The van der Waals surface area contributed by atoms with Gasteiger partial charge in [0.1, 0.15) is 5.75 Å². The molecule has 0 atom stereocenters. The van der Waals surface area contributed by atoms with E-state index in [1.54, 1.807) is 0 Å². The molecule has 1 aromatic carbocycles. The van der Waals surface area contributed by atoms with Gasteiger partial charge in [0.25, 0.3) is 0 Å². The predicted molar refractivity (Wildman–Crippen MR) is 240 cm³/mol. The fourth-order valence-electron chi connectivity index (χ4n) is 7.62. The maximum atomic E-state index is 6.09. The summed E-state index contributed by atoms with van der Waals surface area (Å²) in [6, 6.07) is 34.1. The molecule has 6 nitrogen and oxygen atoms in total. The molecule has 0 spiro atoms. The van der Waals surface area contributed by atoms with Crippen molar-refractivity contribution in [1.82, 2.24) is 0 Å². The lowest BCUT2D eigenvalue weighted by molar-refractivity contribution is -0.328. The van der Waals surface area contributed by atoms with E-state index < -0.39 is 0 Å². The van der Waals surface area contributed by atoms with Crippen LogP contribution in [0.4, 0.5) is 0 Å². The number of aryl methyl sites for hydroxylation is 1. The zero-order valence-electron chi connectivity index (χ0n) is 35.8. The second-order valence-corrected chi connectivity index (χ2v) is 17.0. The highest BCUT2D eigenvalue weighted by molar-refractivity contribution is 5.71. The van der Waals surface area contributed by atoms with Gasteiger partial charge in [-0.2, -0.15) is 0 Å². The van der Waals surface area contributed by atoms with Crippen LogP contribution in [-0.4, -0.2) is 59.5 Å². The van der Waals surface area contributed by atoms with Crippen molar-refractivity contribution in [3.8, 4) is 51.7 Å². The number of ether oxygens (including phenoxy) is 4. The molecule has 0 amide bonds. The predicted octanol–water partition coefficient (Wildman–Crippen LogP) is 11.6. The molecule has 0 saturated carbocycles. The summed E-state index contributed by atoms with van der Waals surface area (Å²) in [5.41, 5.74) is 10.6. The molecule has 60 heavy (non-hydrogen) atoms. The Morgan fingerprint density at radius 3 is 1.38 bits per heavy atom. The van der Waals surface area contributed by atoms with Gasteiger partial charge in [-0.15, -0.1) is 0 Å². The number of benzene rings is 1. The molecule has 6 aliphatic rings. The molecular weight excluding hydrogens is 745 g/mol. The molecule has 314 valence electrons. The molecule has 0 aromatic heterocycles. The van der Waals surface area contributed by atoms with Crippen LogP contribution in [0.5, 0.6) is 5.75 Å². The Morgan fingerprint density at radius 2 is 0.900 bits per heavy atom. The average molecular weight is 807 g/mol. The number of unbranched alkanes of at least 4 members (excludes halogenated alkanes) is 6. The van der Waals surface area contributed by atoms with Crippen LogP contribution in [0, 0.1) is 34.5 Å². The van der Waals surface area contributed by atoms with Gasteiger partial charge in [-0.3, -0.25) is 0 Å². The standard InChI is InChI=1S/C54H62O6/c1-3-53(38-56-39-53)37-55-30-10-7-8-11-31-58-52-35-50-28-24-46(25-29-51(50)36-52)21-19-44-16-14-43(15-17-44)18-20-45-22-26-48-33-47(34-49(48)27-23-45)13-9-5-6-12-32-59-60-42-54(4-2)40-57-41-54/h14-17,22-29,33-36H,3-13,30-32,37-42H2,1-2H3. The smallest absolute Gasteiger partial charge is 0.120 e. The molecule has 0 N–H and O–H groups in total. The minimum atomic E-state index is 0.172. The third kappa shape index (κ3) is 12.7. The van der Waals surface area contributed by atoms with Gasteiger partial charge in [0.2, 0.25) is 0 Å². The van der Waals surface area contributed by atoms with Crippen molar-refractivity contribution in [2.24, 2.45) is 10.8 Å². The molecule has 7 rings (SSSR count). The summed E-state index contributed by atoms with van der Waals surface area (Å²) in [5, 5.41) is 0. The first-order valence-electron chi connectivity index (χ1n) is 22.3. The molecular formula is C54H62O6. The van der Waals surface area contributed by atoms with E-state index in [1.807, 2.05) is 24.3 Å². The summed E-state index contributed by atoms with van der Waals surface area (Å²) >= 11 is 0. The Morgan fingerprint density at radius 1 is 0.467 bits per heavy atom. The first-order chi connectivity index (χ1) is 29.5. The van der Waals surface area contributed by atoms with Gasteiger partial charge in [0.15, 0.2) is 0 Å². The molecule has 0 unspecified atom stereocenters. The summed E-state index contributed by atoms with van der Waals surface area (Å²) in [5.74, 6) is 14.3. The quantitative estimate of drug-likeness (QED) is 0.0300. The summed E-state index contributed by atoms with van der Waals surface area (Å²) in [6.45, 7) is 11.4. The zero-order chi connectivity index (χ0) is 41.3. The number of hydrogen-bond acceptors (Lipinski definition) is 6. The maximum Gasteiger partial charge on any atom is 0.120 e. The van der Waals surface area contributed by atoms with Gasteiger partial charge in [-0.1, -0.05) is 93.2 Å². The summed E-state index contributed by atoms with van der Waals surface area (Å²) in [4.78, 5) is 10.9. The Hall–Kier alpha value is -4.66. The largest absolute Gasteiger partial charge is 0.494 e. The lowest BCUT2D eigenvalue weighted by Gasteiger charge is -2.40. The van der Waals surface area contributed by atoms with E-state index in [4.69, 9.17) is 28.7 Å². The van der Waals surface area contributed by atoms with Crippen molar-refractivity contribution in [1.29, 1.82) is 0 Å². The number of fused-ring (bicyclic) bond motifs is 2. The molecule has 2 aliphatic heterocycles. The van der Waals surface area contributed by atoms with Crippen LogP contribution in [0.2, 0.25) is 0 Å². The lowest BCUT2D eigenvalue weighted by Crippen LogP contribution is -2.45. The van der Waals surface area contributed by atoms with E-state index in [-0.39, 0.29) is 10.8 Å². The summed E-state index contributed by atoms with van der Waals surface area (Å²) < 4.78 is 22.7. The van der Waals surface area contributed by atoms with Crippen molar-refractivity contribution < 1.29 is 28.7 Å². The lowest BCUT2D eigenvalue weighted by atomic mass is 9.84. The van der Waals surface area contributed by atoms with Crippen LogP contribution >= 0.6 is 0 Å². The van der Waals surface area contributed by atoms with Crippen LogP contribution in [0.15, 0.2) is 97.1 Å². The van der Waals surface area contributed by atoms with Gasteiger partial charge in [-0.05, 0) is 140 Å². The highest BCUT2D eigenvalue weighted by Crippen LogP contribution is 2.33. The van der Waals surface area contributed by atoms with Gasteiger partial charge in [-0.25, -0.2) is 9.78 Å². The van der Waals surface area contributed by atoms with E-state index in [2.05, 4.69) is 110 Å². The molecule has 2 fully saturated rings. The monoisotopic (exact) mass is 806 g/mol. The molecule has 1 aromatic rings. The zero-order valence-corrected chi connectivity index (χ0v) is 35.8. The van der Waals surface area contributed by atoms with E-state index in [1.165, 1.54) is 36.0 Å². The van der Waals surface area contributed by atoms with E-state index in [0.29, 0.717) is 13.2 Å². The number of hydrogen-bond donors (Lipinski definition) is 0. The van der Waals surface area contributed by atoms with Crippen molar-refractivity contribution in [3.05, 3.63) is 125 Å². The highest BCUT2D eigenvalue weighted by Gasteiger charge is 2.38. The minimum absolute atomic E-state index is 0.172. The molecule has 4 aliphatic carbocycles. The Bertz CT molecular complexity index is 1910. The maximum absolute atomic E-state index is 6.09. The average Bonchev–Trinajstić information content (AvgIpc) is 3.70. The molecule has 0 radical (unpaired) electrons. The van der Waals surface area contributed by atoms with Crippen molar-refractivity contribution in [2.75, 3.05) is 59.5 Å². The van der Waals surface area contributed by atoms with Gasteiger partial charge >= 0.3 is 0 Å². The Labute approximate surface area is 358 Å². The fourth-order valence-corrected chi connectivity index (χ4v) is 7.62. The van der Waals surface area contributed by atoms with Gasteiger partial charge in [0, 0.05) is 39.7 Å². The summed E-state index contributed by atoms with van der Waals surface area (Å²) in [6.07, 6.45) is 12.3. The van der Waals surface area contributed by atoms with Crippen LogP contribution in [0.1, 0.15) is 106 Å². The Balaban J connectivity index is 0.793. The first kappa shape index (κ1) is 43.4. The molecule has 0 bridgehead atoms. The molecule has 2 saturated heterocycles. The van der Waals surface area contributed by atoms with Crippen LogP contribution in [-0.2, 0) is 30.4 Å². The number of rotatable bonds is 22. The highest BCUT2D eigenvalue weighted by atomic mass is 17.2. The van der Waals surface area contributed by atoms with Crippen molar-refractivity contribution >= 4 is 0 Å². The topological polar surface area (TPSA) is 55.4 Å². The van der Waals surface area contributed by atoms with Crippen molar-refractivity contribution in [2.45, 2.75) is 84.5 Å².